The molecule has 0 aliphatic carbocycles. The van der Waals surface area contributed by atoms with Gasteiger partial charge in [0.25, 0.3) is 0 Å². The van der Waals surface area contributed by atoms with Crippen LogP contribution in [-0.4, -0.2) is 23.6 Å². The van der Waals surface area contributed by atoms with Gasteiger partial charge in [0.15, 0.2) is 0 Å². The third kappa shape index (κ3) is 3.21. The number of carbonyl (C=O) groups excluding carboxylic acids is 1. The Morgan fingerprint density at radius 2 is 2.10 bits per heavy atom. The molecule has 1 aromatic rings. The molecule has 1 amide bonds. The molecule has 1 heterocycles. The molecule has 1 aromatic carbocycles. The fraction of sp³-hybridized carbons (Fsp3) is 0.471. The lowest BCUT2D eigenvalue weighted by Crippen LogP contribution is -2.38. The summed E-state index contributed by atoms with van der Waals surface area (Å²) in [6.45, 7) is 8.61. The molecule has 0 saturated carbocycles. The fourth-order valence-corrected chi connectivity index (χ4v) is 2.83. The van der Waals surface area contributed by atoms with Gasteiger partial charge < -0.3 is 4.74 Å². The number of hydrogen-bond donors (Lipinski definition) is 0. The first-order valence-electron chi connectivity index (χ1n) is 7.24. The number of ether oxygens (including phenoxy) is 1. The van der Waals surface area contributed by atoms with Crippen LogP contribution in [0.25, 0.3) is 0 Å². The molecular formula is C17H23NO2. The average molecular weight is 273 g/mol. The van der Waals surface area contributed by atoms with Crippen molar-refractivity contribution in [3.8, 4) is 0 Å². The van der Waals surface area contributed by atoms with Crippen LogP contribution in [0.1, 0.15) is 38.3 Å². The van der Waals surface area contributed by atoms with Gasteiger partial charge in [-0.2, -0.15) is 0 Å². The van der Waals surface area contributed by atoms with Crippen LogP contribution in [-0.2, 0) is 4.74 Å². The van der Waals surface area contributed by atoms with Crippen molar-refractivity contribution >= 4 is 6.09 Å². The van der Waals surface area contributed by atoms with Gasteiger partial charge >= 0.3 is 6.09 Å². The van der Waals surface area contributed by atoms with E-state index in [2.05, 4.69) is 32.6 Å². The van der Waals surface area contributed by atoms with Gasteiger partial charge in [-0.3, -0.25) is 4.90 Å². The minimum absolute atomic E-state index is 0.0207. The Morgan fingerprint density at radius 3 is 2.70 bits per heavy atom. The molecule has 0 bridgehead atoms. The molecule has 0 radical (unpaired) electrons. The fourth-order valence-electron chi connectivity index (χ4n) is 2.83. The van der Waals surface area contributed by atoms with Crippen LogP contribution in [0.2, 0.25) is 0 Å². The number of amides is 1. The zero-order chi connectivity index (χ0) is 14.5. The summed E-state index contributed by atoms with van der Waals surface area (Å²) in [5.41, 5.74) is 1.14. The second-order valence-corrected chi connectivity index (χ2v) is 5.72. The van der Waals surface area contributed by atoms with E-state index in [1.54, 1.807) is 0 Å². The molecule has 1 saturated heterocycles. The predicted molar refractivity (Wildman–Crippen MR) is 80.4 cm³/mol. The highest BCUT2D eigenvalue weighted by atomic mass is 16.6. The number of carbonyl (C=O) groups is 1. The molecule has 2 atom stereocenters. The summed E-state index contributed by atoms with van der Waals surface area (Å²) < 4.78 is 5.29. The second-order valence-electron chi connectivity index (χ2n) is 5.72. The summed E-state index contributed by atoms with van der Waals surface area (Å²) >= 11 is 0. The van der Waals surface area contributed by atoms with Crippen LogP contribution in [0.4, 0.5) is 4.79 Å². The van der Waals surface area contributed by atoms with Gasteiger partial charge in [-0.05, 0) is 24.3 Å². The van der Waals surface area contributed by atoms with Crippen LogP contribution in [0, 0.1) is 5.92 Å². The summed E-state index contributed by atoms with van der Waals surface area (Å²) in [5.74, 6) is 0.532. The lowest BCUT2D eigenvalue weighted by atomic mass is 9.97. The number of hydrogen-bond acceptors (Lipinski definition) is 2. The minimum Gasteiger partial charge on any atom is -0.447 e. The van der Waals surface area contributed by atoms with Crippen LogP contribution in [0.3, 0.4) is 0 Å². The topological polar surface area (TPSA) is 29.5 Å². The minimum atomic E-state index is -0.202. The van der Waals surface area contributed by atoms with E-state index in [0.717, 1.165) is 18.4 Å². The monoisotopic (exact) mass is 273 g/mol. The zero-order valence-corrected chi connectivity index (χ0v) is 12.3. The quantitative estimate of drug-likeness (QED) is 0.728. The largest absolute Gasteiger partial charge is 0.447 e. The number of rotatable bonds is 6. The Labute approximate surface area is 121 Å². The first-order chi connectivity index (χ1) is 9.63. The maximum atomic E-state index is 12.1. The smallest absolute Gasteiger partial charge is 0.410 e. The van der Waals surface area contributed by atoms with E-state index in [1.165, 1.54) is 0 Å². The van der Waals surface area contributed by atoms with Crippen molar-refractivity contribution in [3.63, 3.8) is 0 Å². The molecule has 3 nitrogen and oxygen atoms in total. The Balaban J connectivity index is 2.24. The van der Waals surface area contributed by atoms with E-state index >= 15 is 0 Å². The first kappa shape index (κ1) is 14.6. The number of cyclic esters (lactones) is 1. The lowest BCUT2D eigenvalue weighted by Gasteiger charge is -2.31. The third-order valence-corrected chi connectivity index (χ3v) is 3.67. The molecule has 0 N–H and O–H groups in total. The van der Waals surface area contributed by atoms with Crippen molar-refractivity contribution in [2.45, 2.75) is 38.8 Å². The van der Waals surface area contributed by atoms with Gasteiger partial charge in [0.2, 0.25) is 0 Å². The maximum Gasteiger partial charge on any atom is 0.410 e. The molecule has 1 aliphatic heterocycles. The molecule has 0 aromatic heterocycles. The van der Waals surface area contributed by atoms with E-state index in [0.29, 0.717) is 12.5 Å². The zero-order valence-electron chi connectivity index (χ0n) is 12.3. The van der Waals surface area contributed by atoms with Crippen molar-refractivity contribution in [1.82, 2.24) is 4.90 Å². The Hall–Kier alpha value is -1.77. The van der Waals surface area contributed by atoms with Gasteiger partial charge in [-0.1, -0.05) is 50.3 Å². The van der Waals surface area contributed by atoms with Crippen molar-refractivity contribution in [1.29, 1.82) is 0 Å². The summed E-state index contributed by atoms with van der Waals surface area (Å²) in [5, 5.41) is 0. The summed E-state index contributed by atoms with van der Waals surface area (Å²) in [6.07, 6.45) is 3.45. The second kappa shape index (κ2) is 6.60. The van der Waals surface area contributed by atoms with Crippen LogP contribution in [0.15, 0.2) is 43.0 Å². The maximum absolute atomic E-state index is 12.1. The molecule has 1 aliphatic rings. The molecule has 1 fully saturated rings. The summed E-state index contributed by atoms with van der Waals surface area (Å²) in [4.78, 5) is 14.0. The van der Waals surface area contributed by atoms with Gasteiger partial charge in [0, 0.05) is 6.04 Å². The Kier molecular flexibility index (Phi) is 4.83. The molecule has 2 rings (SSSR count). The molecule has 0 unspecified atom stereocenters. The normalized spacial score (nSPS) is 20.1. The van der Waals surface area contributed by atoms with Crippen LogP contribution >= 0.6 is 0 Å². The van der Waals surface area contributed by atoms with E-state index < -0.39 is 0 Å². The highest BCUT2D eigenvalue weighted by molar-refractivity contribution is 5.71. The molecule has 0 spiro atoms. The highest BCUT2D eigenvalue weighted by Crippen LogP contribution is 2.32. The molecule has 3 heteroatoms. The van der Waals surface area contributed by atoms with Crippen LogP contribution in [0.5, 0.6) is 0 Å². The van der Waals surface area contributed by atoms with Gasteiger partial charge in [-0.15, -0.1) is 6.58 Å². The first-order valence-corrected chi connectivity index (χ1v) is 7.24. The molecule has 108 valence electrons. The van der Waals surface area contributed by atoms with Gasteiger partial charge in [0.05, 0.1) is 6.04 Å². The third-order valence-electron chi connectivity index (χ3n) is 3.67. The lowest BCUT2D eigenvalue weighted by molar-refractivity contribution is 0.138. The van der Waals surface area contributed by atoms with Crippen molar-refractivity contribution in [2.75, 3.05) is 6.61 Å². The highest BCUT2D eigenvalue weighted by Gasteiger charge is 2.38. The summed E-state index contributed by atoms with van der Waals surface area (Å²) in [6, 6.07) is 10.3. The van der Waals surface area contributed by atoms with Crippen LogP contribution < -0.4 is 0 Å². The van der Waals surface area contributed by atoms with Gasteiger partial charge in [0.1, 0.15) is 6.61 Å². The Bertz CT molecular complexity index is 455. The van der Waals surface area contributed by atoms with Gasteiger partial charge in [-0.25, -0.2) is 4.79 Å². The number of nitrogens with zero attached hydrogens (tertiary/aromatic N) is 1. The van der Waals surface area contributed by atoms with E-state index in [9.17, 15) is 4.79 Å². The van der Waals surface area contributed by atoms with E-state index in [-0.39, 0.29) is 18.2 Å². The molecular weight excluding hydrogens is 250 g/mol. The molecule has 20 heavy (non-hydrogen) atoms. The van der Waals surface area contributed by atoms with Crippen molar-refractivity contribution < 1.29 is 9.53 Å². The number of benzene rings is 1. The van der Waals surface area contributed by atoms with E-state index in [1.807, 2.05) is 29.2 Å². The Morgan fingerprint density at radius 1 is 1.40 bits per heavy atom. The van der Waals surface area contributed by atoms with Crippen molar-refractivity contribution in [3.05, 3.63) is 48.6 Å². The predicted octanol–water partition coefficient (Wildman–Crippen LogP) is 4.17. The van der Waals surface area contributed by atoms with E-state index in [4.69, 9.17) is 4.74 Å². The average Bonchev–Trinajstić information content (AvgIpc) is 2.80. The SMILES string of the molecule is C=CC[C@H](CC(C)C)N1C(=O)OC[C@H]1c1ccccc1. The standard InChI is InChI=1S/C17H23NO2/c1-4-8-15(11-13(2)3)18-16(12-20-17(18)19)14-9-6-5-7-10-14/h4-7,9-10,13,15-16H,1,8,11-12H2,2-3H3/t15-,16+/m1/s1. The van der Waals surface area contributed by atoms with Crippen molar-refractivity contribution in [2.24, 2.45) is 5.92 Å². The summed E-state index contributed by atoms with van der Waals surface area (Å²) in [7, 11) is 0.